The average molecular weight is 748 g/mol. The molecule has 0 aromatic carbocycles. The molecule has 302 valence electrons. The van der Waals surface area contributed by atoms with E-state index in [4.69, 9.17) is 33.2 Å². The van der Waals surface area contributed by atoms with Crippen molar-refractivity contribution in [1.82, 2.24) is 4.90 Å². The molecule has 1 saturated carbocycles. The fraction of sp³-hybridized carbons (Fsp3) is 0.857. The van der Waals surface area contributed by atoms with Crippen LogP contribution in [0.15, 0.2) is 23.3 Å². The normalized spacial score (nSPS) is 39.0. The fourth-order valence-electron chi connectivity index (χ4n) is 10.4. The van der Waals surface area contributed by atoms with Gasteiger partial charge in [0.1, 0.15) is 18.3 Å². The van der Waals surface area contributed by atoms with Gasteiger partial charge in [-0.25, -0.2) is 0 Å². The number of ether oxygens (including phenoxy) is 7. The Morgan fingerprint density at radius 3 is 2.28 bits per heavy atom. The molecule has 0 amide bonds. The number of hydrogen-bond donors (Lipinski definition) is 1. The van der Waals surface area contributed by atoms with Crippen LogP contribution in [0.3, 0.4) is 0 Å². The first-order valence-corrected chi connectivity index (χ1v) is 20.4. The minimum atomic E-state index is -1.21. The summed E-state index contributed by atoms with van der Waals surface area (Å²) in [6.07, 6.45) is 7.85. The number of Topliss-reactive ketones (excluding diaryl/α,β-unsaturated/α-hetero) is 1. The van der Waals surface area contributed by atoms with Crippen LogP contribution in [0.25, 0.3) is 0 Å². The quantitative estimate of drug-likeness (QED) is 0.139. The Hall–Kier alpha value is -1.70. The number of hydrogen-bond acceptors (Lipinski definition) is 11. The molecule has 0 spiro atoms. The van der Waals surface area contributed by atoms with Gasteiger partial charge in [0.05, 0.1) is 30.8 Å². The molecule has 11 heteroatoms. The third-order valence-corrected chi connectivity index (χ3v) is 13.3. The lowest BCUT2D eigenvalue weighted by atomic mass is 9.67. The van der Waals surface area contributed by atoms with Gasteiger partial charge in [-0.2, -0.15) is 0 Å². The molecule has 3 fully saturated rings. The van der Waals surface area contributed by atoms with Crippen molar-refractivity contribution in [1.29, 1.82) is 0 Å². The number of nitrogens with zero attached hydrogens (tertiary/aromatic N) is 1. The molecule has 5 rings (SSSR count). The number of esters is 1. The standard InChI is InChI=1S/C42H69NO10/c1-11-26-14-13-15-36(53-38-17-16-34(43(6)7)25(5)50-38)24(4)39(45)33-21-31-29(32(33)22-37(44)51-26)18-23(3)28-19-27(20-30(28)31)52-42(46)41(49-10)40(48-9)35(12-2)47-8/h18,21,24-32,34-36,38,40-42,46H,11-17,19-20,22H2,1-10H3/t24-,25?,26+,27?,28+,29-,30-,31-,32+,34?,35?,36+,38?,40?,41?,42?/m1/s1. The average Bonchev–Trinajstić information content (AvgIpc) is 3.71. The van der Waals surface area contributed by atoms with Gasteiger partial charge in [-0.15, -0.1) is 0 Å². The number of aliphatic hydroxyl groups is 1. The lowest BCUT2D eigenvalue weighted by molar-refractivity contribution is -0.233. The Bertz CT molecular complexity index is 1280. The number of carbonyl (C=O) groups excluding carboxylic acids is 2. The van der Waals surface area contributed by atoms with Gasteiger partial charge < -0.3 is 43.2 Å². The van der Waals surface area contributed by atoms with E-state index >= 15 is 0 Å². The maximum atomic E-state index is 14.7. The summed E-state index contributed by atoms with van der Waals surface area (Å²) >= 11 is 0. The highest BCUT2D eigenvalue weighted by atomic mass is 16.7. The van der Waals surface area contributed by atoms with E-state index in [0.717, 1.165) is 50.5 Å². The van der Waals surface area contributed by atoms with Crippen molar-refractivity contribution >= 4 is 11.8 Å². The zero-order valence-electron chi connectivity index (χ0n) is 34.0. The number of cyclic esters (lactones) is 1. The van der Waals surface area contributed by atoms with E-state index < -0.39 is 18.5 Å². The number of aliphatic hydroxyl groups excluding tert-OH is 1. The predicted molar refractivity (Wildman–Crippen MR) is 201 cm³/mol. The lowest BCUT2D eigenvalue weighted by Crippen LogP contribution is -2.49. The summed E-state index contributed by atoms with van der Waals surface area (Å²) in [6.45, 7) is 10.3. The number of fused-ring (bicyclic) bond motifs is 5. The minimum Gasteiger partial charge on any atom is -0.462 e. The molecule has 16 atom stereocenters. The van der Waals surface area contributed by atoms with Crippen LogP contribution >= 0.6 is 0 Å². The maximum absolute atomic E-state index is 14.7. The molecular formula is C42H69NO10. The highest BCUT2D eigenvalue weighted by molar-refractivity contribution is 5.99. The summed E-state index contributed by atoms with van der Waals surface area (Å²) in [5.41, 5.74) is 1.99. The largest absolute Gasteiger partial charge is 0.462 e. The van der Waals surface area contributed by atoms with Crippen molar-refractivity contribution in [2.24, 2.45) is 35.5 Å². The van der Waals surface area contributed by atoms with Crippen LogP contribution in [0.5, 0.6) is 0 Å². The third-order valence-electron chi connectivity index (χ3n) is 13.3. The highest BCUT2D eigenvalue weighted by Crippen LogP contribution is 2.56. The number of likely N-dealkylation sites (N-methyl/N-ethyl adjacent to an activating group) is 1. The lowest BCUT2D eigenvalue weighted by Gasteiger charge is -2.40. The minimum absolute atomic E-state index is 0.00288. The molecule has 2 saturated heterocycles. The SMILES string of the molecule is CCC(OC)C(OC)C(OC)C(O)OC1C[C@H]2[C@@H]3C=C4C(=O)[C@H](C)[C@@H](OC5CCC(N(C)C)C(C)O5)CCC[C@H](CC)OC(=O)C[C@H]4[C@@H]3C=C(C)[C@@H]2C1. The first-order valence-electron chi connectivity index (χ1n) is 20.4. The van der Waals surface area contributed by atoms with Gasteiger partial charge >= 0.3 is 5.97 Å². The first-order chi connectivity index (χ1) is 25.3. The van der Waals surface area contributed by atoms with Gasteiger partial charge in [-0.1, -0.05) is 38.5 Å². The summed E-state index contributed by atoms with van der Waals surface area (Å²) in [5.74, 6) is -0.313. The van der Waals surface area contributed by atoms with Crippen LogP contribution in [-0.2, 0) is 42.7 Å². The zero-order chi connectivity index (χ0) is 38.6. The topological polar surface area (TPSA) is 122 Å². The smallest absolute Gasteiger partial charge is 0.306 e. The second-order valence-electron chi connectivity index (χ2n) is 16.6. The zero-order valence-corrected chi connectivity index (χ0v) is 34.0. The Morgan fingerprint density at radius 1 is 0.925 bits per heavy atom. The van der Waals surface area contributed by atoms with Crippen LogP contribution in [0.1, 0.15) is 98.8 Å². The summed E-state index contributed by atoms with van der Waals surface area (Å²) in [6, 6.07) is 0.329. The number of rotatable bonds is 13. The van der Waals surface area contributed by atoms with Crippen molar-refractivity contribution < 1.29 is 47.9 Å². The second-order valence-corrected chi connectivity index (χ2v) is 16.6. The molecule has 11 nitrogen and oxygen atoms in total. The summed E-state index contributed by atoms with van der Waals surface area (Å²) in [7, 11) is 8.94. The second kappa shape index (κ2) is 19.0. The highest BCUT2D eigenvalue weighted by Gasteiger charge is 2.52. The van der Waals surface area contributed by atoms with E-state index in [-0.39, 0.29) is 90.5 Å². The van der Waals surface area contributed by atoms with E-state index in [1.165, 1.54) is 5.57 Å². The van der Waals surface area contributed by atoms with Crippen LogP contribution in [0.4, 0.5) is 0 Å². The fourth-order valence-corrected chi connectivity index (χ4v) is 10.4. The van der Waals surface area contributed by atoms with Gasteiger partial charge in [0.2, 0.25) is 0 Å². The molecular weight excluding hydrogens is 678 g/mol. The van der Waals surface area contributed by atoms with Gasteiger partial charge in [-0.3, -0.25) is 9.59 Å². The molecule has 8 unspecified atom stereocenters. The Kier molecular flexibility index (Phi) is 15.2. The van der Waals surface area contributed by atoms with E-state index in [9.17, 15) is 14.7 Å². The Balaban J connectivity index is 1.37. The molecule has 2 heterocycles. The van der Waals surface area contributed by atoms with Gasteiger partial charge in [0.15, 0.2) is 18.4 Å². The van der Waals surface area contributed by atoms with E-state index in [1.54, 1.807) is 21.3 Å². The molecule has 5 aliphatic rings. The van der Waals surface area contributed by atoms with Crippen LogP contribution in [0.2, 0.25) is 0 Å². The number of methoxy groups -OCH3 is 3. The molecule has 0 aromatic rings. The van der Waals surface area contributed by atoms with E-state index in [2.05, 4.69) is 51.9 Å². The van der Waals surface area contributed by atoms with Gasteiger partial charge in [0.25, 0.3) is 0 Å². The molecule has 0 radical (unpaired) electrons. The molecule has 53 heavy (non-hydrogen) atoms. The van der Waals surface area contributed by atoms with Crippen molar-refractivity contribution in [3.05, 3.63) is 23.3 Å². The van der Waals surface area contributed by atoms with Crippen molar-refractivity contribution in [3.8, 4) is 0 Å². The molecule has 2 aliphatic heterocycles. The summed E-state index contributed by atoms with van der Waals surface area (Å²) in [4.78, 5) is 30.5. The van der Waals surface area contributed by atoms with Crippen LogP contribution in [0, 0.1) is 35.5 Å². The predicted octanol–water partition coefficient (Wildman–Crippen LogP) is 5.86. The van der Waals surface area contributed by atoms with Crippen molar-refractivity contribution in [3.63, 3.8) is 0 Å². The van der Waals surface area contributed by atoms with Gasteiger partial charge in [-0.05, 0) is 115 Å². The monoisotopic (exact) mass is 747 g/mol. The number of carbonyl (C=O) groups is 2. The van der Waals surface area contributed by atoms with Crippen molar-refractivity contribution in [2.75, 3.05) is 35.4 Å². The molecule has 3 aliphatic carbocycles. The Labute approximate surface area is 318 Å². The summed E-state index contributed by atoms with van der Waals surface area (Å²) < 4.78 is 42.6. The van der Waals surface area contributed by atoms with E-state index in [0.29, 0.717) is 18.9 Å². The third kappa shape index (κ3) is 9.47. The van der Waals surface area contributed by atoms with E-state index in [1.807, 2.05) is 13.8 Å². The molecule has 0 bridgehead atoms. The van der Waals surface area contributed by atoms with Gasteiger partial charge in [0, 0.05) is 39.2 Å². The van der Waals surface area contributed by atoms with Crippen LogP contribution in [-0.4, -0.2) is 119 Å². The first kappa shape index (κ1) is 42.4. The Morgan fingerprint density at radius 2 is 1.66 bits per heavy atom. The molecule has 0 aromatic heterocycles. The summed E-state index contributed by atoms with van der Waals surface area (Å²) in [5, 5.41) is 11.3. The number of ketones is 1. The maximum Gasteiger partial charge on any atom is 0.306 e. The van der Waals surface area contributed by atoms with Crippen molar-refractivity contribution in [2.45, 2.75) is 160 Å². The number of allylic oxidation sites excluding steroid dienone is 4. The van der Waals surface area contributed by atoms with Crippen LogP contribution < -0.4 is 0 Å². The molecule has 1 N–H and O–H groups in total.